The number of benzene rings is 1. The first-order valence-electron chi connectivity index (χ1n) is 5.48. The number of hydrogen-bond acceptors (Lipinski definition) is 2. The zero-order chi connectivity index (χ0) is 10.5. The lowest BCUT2D eigenvalue weighted by Gasteiger charge is -2.29. The summed E-state index contributed by atoms with van der Waals surface area (Å²) >= 11 is 0. The van der Waals surface area contributed by atoms with Crippen molar-refractivity contribution in [2.75, 3.05) is 26.3 Å². The molecule has 2 N–H and O–H groups in total. The number of quaternary nitrogens is 1. The summed E-state index contributed by atoms with van der Waals surface area (Å²) in [5.74, 6) is 0. The molecule has 0 aliphatic carbocycles. The van der Waals surface area contributed by atoms with Gasteiger partial charge in [-0.1, -0.05) is 30.3 Å². The third kappa shape index (κ3) is 3.02. The molecule has 1 aliphatic rings. The standard InChI is InChI=1S/C12H17NO2/c14-10-12-9-13(6-7-15-12)8-11-4-2-1-3-5-11/h1-5,12,14H,6-10H2/p+1/t12-/m0/s1. The van der Waals surface area contributed by atoms with Crippen molar-refractivity contribution < 1.29 is 14.7 Å². The third-order valence-corrected chi connectivity index (χ3v) is 2.83. The Bertz CT molecular complexity index is 289. The Hall–Kier alpha value is -0.900. The Kier molecular flexibility index (Phi) is 3.72. The van der Waals surface area contributed by atoms with Gasteiger partial charge in [-0.2, -0.15) is 0 Å². The summed E-state index contributed by atoms with van der Waals surface area (Å²) in [5.41, 5.74) is 1.35. The fourth-order valence-corrected chi connectivity index (χ4v) is 2.02. The molecule has 1 aromatic rings. The highest BCUT2D eigenvalue weighted by atomic mass is 16.5. The van der Waals surface area contributed by atoms with Crippen molar-refractivity contribution in [3.63, 3.8) is 0 Å². The topological polar surface area (TPSA) is 33.9 Å². The van der Waals surface area contributed by atoms with Gasteiger partial charge < -0.3 is 14.7 Å². The van der Waals surface area contributed by atoms with Crippen molar-refractivity contribution in [2.24, 2.45) is 0 Å². The summed E-state index contributed by atoms with van der Waals surface area (Å²) in [6.07, 6.45) is 0.0254. The van der Waals surface area contributed by atoms with Crippen molar-refractivity contribution in [3.8, 4) is 0 Å². The second-order valence-electron chi connectivity index (χ2n) is 4.04. The highest BCUT2D eigenvalue weighted by molar-refractivity contribution is 5.13. The number of aliphatic hydroxyl groups is 1. The van der Waals surface area contributed by atoms with E-state index in [2.05, 4.69) is 24.3 Å². The van der Waals surface area contributed by atoms with Crippen LogP contribution in [0.1, 0.15) is 5.56 Å². The number of rotatable bonds is 3. The minimum Gasteiger partial charge on any atom is -0.393 e. The van der Waals surface area contributed by atoms with E-state index in [-0.39, 0.29) is 12.7 Å². The average Bonchev–Trinajstić information content (AvgIpc) is 2.31. The van der Waals surface area contributed by atoms with Gasteiger partial charge in [0.05, 0.1) is 13.2 Å². The highest BCUT2D eigenvalue weighted by Gasteiger charge is 2.22. The molecule has 0 amide bonds. The Morgan fingerprint density at radius 3 is 2.87 bits per heavy atom. The zero-order valence-corrected chi connectivity index (χ0v) is 8.86. The van der Waals surface area contributed by atoms with E-state index in [9.17, 15) is 0 Å². The predicted molar refractivity (Wildman–Crippen MR) is 57.7 cm³/mol. The van der Waals surface area contributed by atoms with Crippen molar-refractivity contribution in [1.82, 2.24) is 0 Å². The Morgan fingerprint density at radius 2 is 2.13 bits per heavy atom. The number of morpholine rings is 1. The molecule has 82 valence electrons. The first kappa shape index (κ1) is 10.6. The molecule has 2 atom stereocenters. The van der Waals surface area contributed by atoms with Crippen LogP contribution in [0.4, 0.5) is 0 Å². The van der Waals surface area contributed by atoms with Crippen molar-refractivity contribution in [1.29, 1.82) is 0 Å². The van der Waals surface area contributed by atoms with Crippen LogP contribution in [-0.2, 0) is 11.3 Å². The fourth-order valence-electron chi connectivity index (χ4n) is 2.02. The first-order valence-corrected chi connectivity index (χ1v) is 5.48. The van der Waals surface area contributed by atoms with E-state index in [1.54, 1.807) is 0 Å². The fraction of sp³-hybridized carbons (Fsp3) is 0.500. The number of hydrogen-bond donors (Lipinski definition) is 2. The van der Waals surface area contributed by atoms with Crippen LogP contribution in [0.25, 0.3) is 0 Å². The Balaban J connectivity index is 1.89. The molecule has 3 nitrogen and oxygen atoms in total. The lowest BCUT2D eigenvalue weighted by molar-refractivity contribution is -0.925. The third-order valence-electron chi connectivity index (χ3n) is 2.83. The van der Waals surface area contributed by atoms with E-state index in [4.69, 9.17) is 9.84 Å². The van der Waals surface area contributed by atoms with Crippen LogP contribution < -0.4 is 4.90 Å². The second-order valence-corrected chi connectivity index (χ2v) is 4.04. The summed E-state index contributed by atoms with van der Waals surface area (Å²) in [5, 5.41) is 9.04. The Morgan fingerprint density at radius 1 is 1.33 bits per heavy atom. The van der Waals surface area contributed by atoms with Gasteiger partial charge in [-0.25, -0.2) is 0 Å². The number of nitrogens with one attached hydrogen (secondary N) is 1. The predicted octanol–water partition coefficient (Wildman–Crippen LogP) is -0.537. The van der Waals surface area contributed by atoms with Gasteiger partial charge in [0, 0.05) is 5.56 Å². The minimum atomic E-state index is 0.0254. The molecule has 0 spiro atoms. The van der Waals surface area contributed by atoms with Gasteiger partial charge in [0.15, 0.2) is 0 Å². The molecule has 3 heteroatoms. The van der Waals surface area contributed by atoms with Gasteiger partial charge in [-0.15, -0.1) is 0 Å². The number of ether oxygens (including phenoxy) is 1. The molecular formula is C12H18NO2+. The zero-order valence-electron chi connectivity index (χ0n) is 8.86. The van der Waals surface area contributed by atoms with Crippen molar-refractivity contribution in [3.05, 3.63) is 35.9 Å². The summed E-state index contributed by atoms with van der Waals surface area (Å²) in [4.78, 5) is 1.49. The molecule has 2 rings (SSSR count). The molecular weight excluding hydrogens is 190 g/mol. The van der Waals surface area contributed by atoms with E-state index in [0.717, 1.165) is 26.2 Å². The maximum Gasteiger partial charge on any atom is 0.129 e. The second kappa shape index (κ2) is 5.26. The van der Waals surface area contributed by atoms with E-state index < -0.39 is 0 Å². The van der Waals surface area contributed by atoms with Gasteiger partial charge in [-0.3, -0.25) is 0 Å². The monoisotopic (exact) mass is 208 g/mol. The van der Waals surface area contributed by atoms with Crippen LogP contribution in [-0.4, -0.2) is 37.5 Å². The van der Waals surface area contributed by atoms with Crippen molar-refractivity contribution >= 4 is 0 Å². The highest BCUT2D eigenvalue weighted by Crippen LogP contribution is 1.97. The molecule has 0 radical (unpaired) electrons. The van der Waals surface area contributed by atoms with Gasteiger partial charge in [0.25, 0.3) is 0 Å². The summed E-state index contributed by atoms with van der Waals surface area (Å²) in [6.45, 7) is 3.86. The lowest BCUT2D eigenvalue weighted by atomic mass is 10.2. The van der Waals surface area contributed by atoms with Gasteiger partial charge in [0.2, 0.25) is 0 Å². The van der Waals surface area contributed by atoms with Crippen LogP contribution in [0, 0.1) is 0 Å². The van der Waals surface area contributed by atoms with Crippen LogP contribution in [0.2, 0.25) is 0 Å². The Labute approximate surface area is 90.3 Å². The molecule has 1 aliphatic heterocycles. The van der Waals surface area contributed by atoms with Gasteiger partial charge >= 0.3 is 0 Å². The van der Waals surface area contributed by atoms with E-state index in [0.29, 0.717) is 0 Å². The molecule has 1 aromatic carbocycles. The smallest absolute Gasteiger partial charge is 0.129 e. The minimum absolute atomic E-state index is 0.0254. The molecule has 0 bridgehead atoms. The SMILES string of the molecule is OC[C@@H]1C[NH+](Cc2ccccc2)CCO1. The van der Waals surface area contributed by atoms with E-state index in [1.165, 1.54) is 10.5 Å². The maximum atomic E-state index is 9.04. The van der Waals surface area contributed by atoms with Gasteiger partial charge in [-0.05, 0) is 0 Å². The van der Waals surface area contributed by atoms with Crippen LogP contribution in [0.15, 0.2) is 30.3 Å². The molecule has 1 heterocycles. The summed E-state index contributed by atoms with van der Waals surface area (Å²) < 4.78 is 5.42. The largest absolute Gasteiger partial charge is 0.393 e. The maximum absolute atomic E-state index is 9.04. The van der Waals surface area contributed by atoms with Gasteiger partial charge in [0.1, 0.15) is 25.7 Å². The molecule has 1 fully saturated rings. The molecule has 0 saturated carbocycles. The summed E-state index contributed by atoms with van der Waals surface area (Å²) in [7, 11) is 0. The molecule has 0 aromatic heterocycles. The molecule has 1 saturated heterocycles. The molecule has 1 unspecified atom stereocenters. The molecule has 15 heavy (non-hydrogen) atoms. The van der Waals surface area contributed by atoms with Crippen LogP contribution >= 0.6 is 0 Å². The normalized spacial score (nSPS) is 26.5. The first-order chi connectivity index (χ1) is 7.38. The average molecular weight is 208 g/mol. The quantitative estimate of drug-likeness (QED) is 0.700. The summed E-state index contributed by atoms with van der Waals surface area (Å²) in [6, 6.07) is 10.5. The van der Waals surface area contributed by atoms with E-state index >= 15 is 0 Å². The lowest BCUT2D eigenvalue weighted by Crippen LogP contribution is -3.13. The number of aliphatic hydroxyl groups excluding tert-OH is 1. The van der Waals surface area contributed by atoms with Crippen LogP contribution in [0.3, 0.4) is 0 Å². The van der Waals surface area contributed by atoms with Crippen molar-refractivity contribution in [2.45, 2.75) is 12.6 Å². The van der Waals surface area contributed by atoms with Crippen LogP contribution in [0.5, 0.6) is 0 Å². The van der Waals surface area contributed by atoms with E-state index in [1.807, 2.05) is 6.07 Å².